The normalized spacial score (nSPS) is 14.8. The van der Waals surface area contributed by atoms with E-state index in [1.807, 2.05) is 11.0 Å². The van der Waals surface area contributed by atoms with Crippen LogP contribution in [0.5, 0.6) is 0 Å². The van der Waals surface area contributed by atoms with Crippen LogP contribution in [0.2, 0.25) is 0 Å². The SMILES string of the molecule is O=C(CS(=O)(=O)c1cn(CC(=O)N2CCCCCC2)c2ccccc12)Nc1ccc(Br)cc1. The third-order valence-electron chi connectivity index (χ3n) is 5.80. The molecule has 0 aliphatic carbocycles. The topological polar surface area (TPSA) is 88.5 Å². The maximum atomic E-state index is 13.2. The lowest BCUT2D eigenvalue weighted by Gasteiger charge is -2.20. The molecule has 0 spiro atoms. The summed E-state index contributed by atoms with van der Waals surface area (Å²) in [6, 6.07) is 14.0. The highest BCUT2D eigenvalue weighted by atomic mass is 79.9. The van der Waals surface area contributed by atoms with E-state index in [0.29, 0.717) is 16.6 Å². The summed E-state index contributed by atoms with van der Waals surface area (Å²) < 4.78 is 28.9. The second-order valence-corrected chi connectivity index (χ2v) is 11.1. The molecule has 0 bridgehead atoms. The van der Waals surface area contributed by atoms with Crippen molar-refractivity contribution in [3.05, 3.63) is 59.2 Å². The van der Waals surface area contributed by atoms with Crippen LogP contribution in [0.15, 0.2) is 64.1 Å². The number of carbonyl (C=O) groups is 2. The number of benzene rings is 2. The van der Waals surface area contributed by atoms with Crippen LogP contribution in [0.1, 0.15) is 25.7 Å². The first-order valence-corrected chi connectivity index (χ1v) is 13.4. The Balaban J connectivity index is 1.56. The van der Waals surface area contributed by atoms with Crippen molar-refractivity contribution in [1.29, 1.82) is 0 Å². The molecule has 2 heterocycles. The Kier molecular flexibility index (Phi) is 7.19. The number of amides is 2. The molecular weight excluding hydrogens is 506 g/mol. The van der Waals surface area contributed by atoms with E-state index in [2.05, 4.69) is 21.2 Å². The van der Waals surface area contributed by atoms with Gasteiger partial charge in [-0.3, -0.25) is 9.59 Å². The number of halogens is 1. The van der Waals surface area contributed by atoms with Gasteiger partial charge in [-0.05, 0) is 43.2 Å². The molecule has 174 valence electrons. The molecule has 1 aliphatic heterocycles. The predicted molar refractivity (Wildman–Crippen MR) is 132 cm³/mol. The Morgan fingerprint density at radius 1 is 0.939 bits per heavy atom. The minimum absolute atomic E-state index is 0.0189. The van der Waals surface area contributed by atoms with Gasteiger partial charge in [0.2, 0.25) is 11.8 Å². The zero-order chi connectivity index (χ0) is 23.4. The molecule has 1 aromatic heterocycles. The van der Waals surface area contributed by atoms with Crippen LogP contribution >= 0.6 is 15.9 Å². The van der Waals surface area contributed by atoms with Gasteiger partial charge in [0.15, 0.2) is 9.84 Å². The average Bonchev–Trinajstić information content (AvgIpc) is 2.95. The van der Waals surface area contributed by atoms with E-state index >= 15 is 0 Å². The third kappa shape index (κ3) is 5.65. The number of hydrogen-bond donors (Lipinski definition) is 1. The van der Waals surface area contributed by atoms with Gasteiger partial charge < -0.3 is 14.8 Å². The Hall–Kier alpha value is -2.65. The van der Waals surface area contributed by atoms with E-state index in [0.717, 1.165) is 43.2 Å². The molecular formula is C24H26BrN3O4S. The molecule has 2 aromatic carbocycles. The fourth-order valence-corrected chi connectivity index (χ4v) is 5.77. The zero-order valence-electron chi connectivity index (χ0n) is 18.2. The molecule has 0 unspecified atom stereocenters. The van der Waals surface area contributed by atoms with E-state index < -0.39 is 21.5 Å². The number of hydrogen-bond acceptors (Lipinski definition) is 4. The summed E-state index contributed by atoms with van der Waals surface area (Å²) in [6.45, 7) is 1.54. The van der Waals surface area contributed by atoms with Crippen LogP contribution in [0, 0.1) is 0 Å². The second-order valence-electron chi connectivity index (χ2n) is 8.25. The number of anilines is 1. The smallest absolute Gasteiger partial charge is 0.242 e. The van der Waals surface area contributed by atoms with Crippen LogP contribution in [-0.2, 0) is 26.0 Å². The summed E-state index contributed by atoms with van der Waals surface area (Å²) >= 11 is 3.32. The molecule has 0 atom stereocenters. The van der Waals surface area contributed by atoms with Crippen molar-refractivity contribution in [2.75, 3.05) is 24.2 Å². The van der Waals surface area contributed by atoms with E-state index in [-0.39, 0.29) is 17.3 Å². The van der Waals surface area contributed by atoms with Crippen molar-refractivity contribution in [2.24, 2.45) is 0 Å². The van der Waals surface area contributed by atoms with Crippen molar-refractivity contribution in [3.8, 4) is 0 Å². The van der Waals surface area contributed by atoms with Crippen LogP contribution < -0.4 is 5.32 Å². The van der Waals surface area contributed by atoms with Gasteiger partial charge in [-0.25, -0.2) is 8.42 Å². The van der Waals surface area contributed by atoms with Crippen molar-refractivity contribution in [1.82, 2.24) is 9.47 Å². The van der Waals surface area contributed by atoms with E-state index in [1.165, 1.54) is 6.20 Å². The monoisotopic (exact) mass is 531 g/mol. The molecule has 1 aliphatic rings. The van der Waals surface area contributed by atoms with Crippen molar-refractivity contribution < 1.29 is 18.0 Å². The lowest BCUT2D eigenvalue weighted by atomic mass is 10.2. The van der Waals surface area contributed by atoms with Crippen molar-refractivity contribution in [3.63, 3.8) is 0 Å². The lowest BCUT2D eigenvalue weighted by molar-refractivity contribution is -0.131. The van der Waals surface area contributed by atoms with E-state index in [9.17, 15) is 18.0 Å². The Morgan fingerprint density at radius 2 is 1.61 bits per heavy atom. The molecule has 1 saturated heterocycles. The number of nitrogens with zero attached hydrogens (tertiary/aromatic N) is 2. The van der Waals surface area contributed by atoms with Crippen LogP contribution in [0.4, 0.5) is 5.69 Å². The van der Waals surface area contributed by atoms with Crippen LogP contribution in [0.3, 0.4) is 0 Å². The van der Waals surface area contributed by atoms with Gasteiger partial charge in [0.05, 0.1) is 4.90 Å². The first-order valence-electron chi connectivity index (χ1n) is 11.0. The van der Waals surface area contributed by atoms with Crippen molar-refractivity contribution in [2.45, 2.75) is 37.1 Å². The van der Waals surface area contributed by atoms with Gasteiger partial charge in [0.1, 0.15) is 12.3 Å². The van der Waals surface area contributed by atoms with Gasteiger partial charge in [-0.1, -0.05) is 47.0 Å². The fraction of sp³-hybridized carbons (Fsp3) is 0.333. The molecule has 9 heteroatoms. The Labute approximate surface area is 201 Å². The maximum Gasteiger partial charge on any atom is 0.242 e. The summed E-state index contributed by atoms with van der Waals surface area (Å²) in [6.07, 6.45) is 5.72. The van der Waals surface area contributed by atoms with Gasteiger partial charge in [0, 0.05) is 40.3 Å². The van der Waals surface area contributed by atoms with E-state index in [4.69, 9.17) is 0 Å². The average molecular weight is 532 g/mol. The summed E-state index contributed by atoms with van der Waals surface area (Å²) in [5, 5.41) is 3.14. The molecule has 2 amide bonds. The predicted octanol–water partition coefficient (Wildman–Crippen LogP) is 4.22. The molecule has 1 N–H and O–H groups in total. The molecule has 1 fully saturated rings. The summed E-state index contributed by atoms with van der Waals surface area (Å²) in [7, 11) is -3.93. The first-order chi connectivity index (χ1) is 15.8. The summed E-state index contributed by atoms with van der Waals surface area (Å²) in [4.78, 5) is 27.3. The number of nitrogens with one attached hydrogen (secondary N) is 1. The third-order valence-corrected chi connectivity index (χ3v) is 7.97. The van der Waals surface area contributed by atoms with Gasteiger partial charge in [-0.2, -0.15) is 0 Å². The highest BCUT2D eigenvalue weighted by Crippen LogP contribution is 2.27. The minimum atomic E-state index is -3.93. The Bertz CT molecular complexity index is 1260. The molecule has 0 saturated carbocycles. The summed E-state index contributed by atoms with van der Waals surface area (Å²) in [5.74, 6) is -1.32. The Morgan fingerprint density at radius 3 is 2.30 bits per heavy atom. The fourth-order valence-electron chi connectivity index (χ4n) is 4.14. The number of aromatic nitrogens is 1. The largest absolute Gasteiger partial charge is 0.341 e. The standard InChI is InChI=1S/C24H26BrN3O4S/c25-18-9-11-19(12-10-18)26-23(29)17-33(31,32)22-15-28(21-8-4-3-7-20(21)22)16-24(30)27-13-5-1-2-6-14-27/h3-4,7-12,15H,1-2,5-6,13-14,16-17H2,(H,26,29). The summed E-state index contributed by atoms with van der Waals surface area (Å²) in [5.41, 5.74) is 1.18. The van der Waals surface area contributed by atoms with Crippen LogP contribution in [0.25, 0.3) is 10.9 Å². The maximum absolute atomic E-state index is 13.2. The second kappa shape index (κ2) is 10.1. The molecule has 7 nitrogen and oxygen atoms in total. The van der Waals surface area contributed by atoms with Crippen molar-refractivity contribution >= 4 is 54.2 Å². The molecule has 4 rings (SSSR count). The lowest BCUT2D eigenvalue weighted by Crippen LogP contribution is -2.34. The first kappa shape index (κ1) is 23.5. The van der Waals surface area contributed by atoms with Crippen LogP contribution in [-0.4, -0.2) is 48.5 Å². The number of carbonyl (C=O) groups excluding carboxylic acids is 2. The number of sulfone groups is 1. The van der Waals surface area contributed by atoms with Gasteiger partial charge in [-0.15, -0.1) is 0 Å². The molecule has 33 heavy (non-hydrogen) atoms. The van der Waals surface area contributed by atoms with Gasteiger partial charge in [0.25, 0.3) is 0 Å². The number of fused-ring (bicyclic) bond motifs is 1. The number of para-hydroxylation sites is 1. The van der Waals surface area contributed by atoms with Gasteiger partial charge >= 0.3 is 0 Å². The zero-order valence-corrected chi connectivity index (χ0v) is 20.6. The highest BCUT2D eigenvalue weighted by molar-refractivity contribution is 9.10. The van der Waals surface area contributed by atoms with E-state index in [1.54, 1.807) is 47.0 Å². The molecule has 3 aromatic rings. The quantitative estimate of drug-likeness (QED) is 0.515. The number of rotatable bonds is 6. The highest BCUT2D eigenvalue weighted by Gasteiger charge is 2.25. The molecule has 0 radical (unpaired) electrons. The minimum Gasteiger partial charge on any atom is -0.341 e. The number of likely N-dealkylation sites (tertiary alicyclic amines) is 1.